The lowest BCUT2D eigenvalue weighted by Gasteiger charge is -2.20. The highest BCUT2D eigenvalue weighted by Gasteiger charge is 2.21. The molecule has 0 spiro atoms. The topological polar surface area (TPSA) is 72.0 Å². The summed E-state index contributed by atoms with van der Waals surface area (Å²) in [5.74, 6) is 0.575. The van der Waals surface area contributed by atoms with Gasteiger partial charge in [0.1, 0.15) is 6.04 Å². The summed E-state index contributed by atoms with van der Waals surface area (Å²) in [6.07, 6.45) is 0.398. The van der Waals surface area contributed by atoms with Crippen LogP contribution in [0.2, 0.25) is 0 Å². The molecule has 0 bridgehead atoms. The van der Waals surface area contributed by atoms with Gasteiger partial charge in [0.25, 0.3) is 5.91 Å². The molecule has 0 aliphatic heterocycles. The van der Waals surface area contributed by atoms with E-state index < -0.39 is 6.09 Å². The maximum Gasteiger partial charge on any atom is 0.413 e. The molecule has 1 aromatic rings. The van der Waals surface area contributed by atoms with Gasteiger partial charge < -0.3 is 10.1 Å². The molecule has 0 aromatic heterocycles. The normalized spacial score (nSPS) is 13.5. The summed E-state index contributed by atoms with van der Waals surface area (Å²) in [4.78, 5) is 22.7. The van der Waals surface area contributed by atoms with Crippen molar-refractivity contribution in [3.8, 4) is 0 Å². The first-order valence-electron chi connectivity index (χ1n) is 8.20. The number of imide groups is 1. The Morgan fingerprint density at radius 3 is 2.17 bits per heavy atom. The number of hydrogen-bond donors (Lipinski definition) is 2. The molecule has 3 N–H and O–H groups in total. The third-order valence-corrected chi connectivity index (χ3v) is 4.21. The average Bonchev–Trinajstić information content (AvgIpc) is 2.54. The van der Waals surface area contributed by atoms with Crippen molar-refractivity contribution in [2.24, 2.45) is 5.92 Å². The zero-order valence-corrected chi connectivity index (χ0v) is 14.8. The number of ether oxygens (including phenoxy) is 1. The van der Waals surface area contributed by atoms with Gasteiger partial charge in [-0.3, -0.25) is 10.1 Å². The van der Waals surface area contributed by atoms with E-state index in [4.69, 9.17) is 0 Å². The number of carbonyl (C=O) groups is 2. The molecule has 0 saturated heterocycles. The Hall–Kier alpha value is -1.88. The molecule has 0 unspecified atom stereocenters. The van der Waals surface area contributed by atoms with E-state index in [9.17, 15) is 9.59 Å². The highest BCUT2D eigenvalue weighted by molar-refractivity contribution is 5.92. The van der Waals surface area contributed by atoms with Crippen LogP contribution in [0.4, 0.5) is 4.79 Å². The van der Waals surface area contributed by atoms with Crippen molar-refractivity contribution in [2.75, 3.05) is 13.7 Å². The molecule has 0 aliphatic carbocycles. The molecular formula is C18H29N2O3+. The van der Waals surface area contributed by atoms with Gasteiger partial charge in [0.05, 0.1) is 7.11 Å². The number of carbonyl (C=O) groups excluding carboxylic acids is 2. The summed E-state index contributed by atoms with van der Waals surface area (Å²) in [6.45, 7) is 8.84. The number of alkyl carbamates (subject to hydrolysis) is 1. The van der Waals surface area contributed by atoms with Crippen molar-refractivity contribution in [2.45, 2.75) is 46.1 Å². The second-order valence-corrected chi connectivity index (χ2v) is 6.23. The molecule has 23 heavy (non-hydrogen) atoms. The second-order valence-electron chi connectivity index (χ2n) is 6.23. The Morgan fingerprint density at radius 1 is 1.13 bits per heavy atom. The van der Waals surface area contributed by atoms with E-state index in [1.807, 2.05) is 5.32 Å². The van der Waals surface area contributed by atoms with Crippen LogP contribution in [0.5, 0.6) is 0 Å². The molecule has 0 aliphatic rings. The van der Waals surface area contributed by atoms with Crippen molar-refractivity contribution in [3.63, 3.8) is 0 Å². The monoisotopic (exact) mass is 321 g/mol. The third kappa shape index (κ3) is 6.02. The fourth-order valence-electron chi connectivity index (χ4n) is 2.53. The summed E-state index contributed by atoms with van der Waals surface area (Å²) in [5, 5.41) is 4.14. The van der Waals surface area contributed by atoms with Gasteiger partial charge >= 0.3 is 6.09 Å². The Kier molecular flexibility index (Phi) is 7.75. The first-order valence-corrected chi connectivity index (χ1v) is 8.20. The number of nitrogens with one attached hydrogen (secondary N) is 1. The summed E-state index contributed by atoms with van der Waals surface area (Å²) in [7, 11) is 1.24. The highest BCUT2D eigenvalue weighted by Crippen LogP contribution is 2.22. The number of methoxy groups -OCH3 is 1. The van der Waals surface area contributed by atoms with E-state index >= 15 is 0 Å². The minimum atomic E-state index is -0.720. The van der Waals surface area contributed by atoms with Crippen LogP contribution in [0.3, 0.4) is 0 Å². The molecule has 2 atom stereocenters. The summed E-state index contributed by atoms with van der Waals surface area (Å²) in [6, 6.07) is 8.79. The Balaban J connectivity index is 2.71. The van der Waals surface area contributed by atoms with Crippen LogP contribution in [0.25, 0.3) is 0 Å². The molecule has 0 fully saturated rings. The lowest BCUT2D eigenvalue weighted by Crippen LogP contribution is -2.88. The van der Waals surface area contributed by atoms with Gasteiger partial charge in [0.2, 0.25) is 0 Å². The quantitative estimate of drug-likeness (QED) is 0.809. The number of nitrogens with two attached hydrogens (primary N) is 1. The maximum absolute atomic E-state index is 11.7. The van der Waals surface area contributed by atoms with E-state index in [0.29, 0.717) is 11.8 Å². The van der Waals surface area contributed by atoms with E-state index in [2.05, 4.69) is 62.0 Å². The molecule has 0 radical (unpaired) electrons. The van der Waals surface area contributed by atoms with Crippen molar-refractivity contribution in [3.05, 3.63) is 35.4 Å². The van der Waals surface area contributed by atoms with Crippen LogP contribution in [0, 0.1) is 5.92 Å². The number of rotatable bonds is 7. The molecule has 5 heteroatoms. The molecular weight excluding hydrogens is 292 g/mol. The zero-order chi connectivity index (χ0) is 17.4. The second kappa shape index (κ2) is 9.30. The van der Waals surface area contributed by atoms with Gasteiger partial charge in [-0.25, -0.2) is 4.79 Å². The Morgan fingerprint density at radius 2 is 1.70 bits per heavy atom. The summed E-state index contributed by atoms with van der Waals surface area (Å²) in [5.41, 5.74) is 2.53. The van der Waals surface area contributed by atoms with E-state index in [0.717, 1.165) is 6.42 Å². The lowest BCUT2D eigenvalue weighted by atomic mass is 9.92. The highest BCUT2D eigenvalue weighted by atomic mass is 16.5. The fourth-order valence-corrected chi connectivity index (χ4v) is 2.53. The van der Waals surface area contributed by atoms with Gasteiger partial charge in [-0.15, -0.1) is 0 Å². The van der Waals surface area contributed by atoms with E-state index in [1.54, 1.807) is 0 Å². The summed E-state index contributed by atoms with van der Waals surface area (Å²) < 4.78 is 4.42. The molecule has 1 rings (SSSR count). The van der Waals surface area contributed by atoms with Crippen LogP contribution in [-0.4, -0.2) is 25.7 Å². The maximum atomic E-state index is 11.7. The molecule has 0 saturated carbocycles. The molecule has 1 aromatic carbocycles. The largest absolute Gasteiger partial charge is 0.453 e. The van der Waals surface area contributed by atoms with Crippen LogP contribution in [-0.2, 0) is 9.53 Å². The summed E-state index contributed by atoms with van der Waals surface area (Å²) >= 11 is 0. The van der Waals surface area contributed by atoms with Gasteiger partial charge in [0.15, 0.2) is 6.54 Å². The Labute approximate surface area is 138 Å². The predicted molar refractivity (Wildman–Crippen MR) is 90.1 cm³/mol. The van der Waals surface area contributed by atoms with E-state index in [-0.39, 0.29) is 18.5 Å². The predicted octanol–water partition coefficient (Wildman–Crippen LogP) is 2.34. The molecule has 2 amide bonds. The smallest absolute Gasteiger partial charge is 0.413 e. The minimum absolute atomic E-state index is 0.171. The average molecular weight is 321 g/mol. The zero-order valence-electron chi connectivity index (χ0n) is 14.8. The standard InChI is InChI=1S/C18H28N2O3/c1-6-13(4)14-7-9-15(10-8-14)17(12(2)3)19-11-16(21)20-18(22)23-5/h7-10,12-13,17,19H,6,11H2,1-5H3,(H,20,21,22)/p+1/t13-,17-/m0/s1. The lowest BCUT2D eigenvalue weighted by molar-refractivity contribution is -0.692. The van der Waals surface area contributed by atoms with Crippen molar-refractivity contribution in [1.82, 2.24) is 5.32 Å². The van der Waals surface area contributed by atoms with E-state index in [1.165, 1.54) is 18.2 Å². The first kappa shape index (κ1) is 19.2. The molecule has 128 valence electrons. The molecule has 0 heterocycles. The first-order chi connectivity index (χ1) is 10.9. The fraction of sp³-hybridized carbons (Fsp3) is 0.556. The number of hydrogen-bond acceptors (Lipinski definition) is 3. The van der Waals surface area contributed by atoms with Crippen LogP contribution in [0.1, 0.15) is 57.2 Å². The van der Waals surface area contributed by atoms with Crippen molar-refractivity contribution < 1.29 is 19.6 Å². The molecule has 5 nitrogen and oxygen atoms in total. The van der Waals surface area contributed by atoms with Crippen LogP contribution >= 0.6 is 0 Å². The van der Waals surface area contributed by atoms with Gasteiger partial charge in [-0.05, 0) is 17.9 Å². The van der Waals surface area contributed by atoms with Gasteiger partial charge in [-0.1, -0.05) is 52.0 Å². The SMILES string of the molecule is CC[C@H](C)c1ccc([C@@H]([NH2+]CC(=O)NC(=O)OC)C(C)C)cc1. The van der Waals surface area contributed by atoms with Crippen molar-refractivity contribution in [1.29, 1.82) is 0 Å². The van der Waals surface area contributed by atoms with Crippen LogP contribution in [0.15, 0.2) is 24.3 Å². The van der Waals surface area contributed by atoms with Crippen LogP contribution < -0.4 is 10.6 Å². The van der Waals surface area contributed by atoms with Crippen molar-refractivity contribution >= 4 is 12.0 Å². The number of benzene rings is 1. The number of quaternary nitrogens is 1. The van der Waals surface area contributed by atoms with Gasteiger partial charge in [-0.2, -0.15) is 0 Å². The minimum Gasteiger partial charge on any atom is -0.453 e. The Bertz CT molecular complexity index is 512. The van der Waals surface area contributed by atoms with Gasteiger partial charge in [0, 0.05) is 11.5 Å². The number of amides is 2. The third-order valence-electron chi connectivity index (χ3n) is 4.21.